The Morgan fingerprint density at radius 3 is 1.52 bits per heavy atom. The molecular formula is C26H36O3. The number of carbonyl (C=O) groups excluding carboxylic acids is 1. The molecule has 2 saturated carbocycles. The zero-order valence-corrected chi connectivity index (χ0v) is 17.9. The van der Waals surface area contributed by atoms with Gasteiger partial charge >= 0.3 is 5.97 Å². The van der Waals surface area contributed by atoms with Crippen molar-refractivity contribution in [2.24, 2.45) is 0 Å². The topological polar surface area (TPSA) is 35.5 Å². The summed E-state index contributed by atoms with van der Waals surface area (Å²) in [5.41, 5.74) is 0. The molecule has 0 N–H and O–H groups in total. The highest BCUT2D eigenvalue weighted by molar-refractivity contribution is 5.69. The minimum Gasteiger partial charge on any atom is -0.490 e. The van der Waals surface area contributed by atoms with Crippen LogP contribution in [0.4, 0.5) is 0 Å². The predicted molar refractivity (Wildman–Crippen MR) is 119 cm³/mol. The van der Waals surface area contributed by atoms with Crippen molar-refractivity contribution in [1.82, 2.24) is 0 Å². The molecule has 2 aromatic carbocycles. The molecule has 2 fully saturated rings. The summed E-state index contributed by atoms with van der Waals surface area (Å²) in [7, 11) is 0. The van der Waals surface area contributed by atoms with Crippen LogP contribution in [-0.4, -0.2) is 12.1 Å². The van der Waals surface area contributed by atoms with E-state index in [0.29, 0.717) is 11.9 Å². The van der Waals surface area contributed by atoms with Gasteiger partial charge in [-0.05, 0) is 49.9 Å². The fraction of sp³-hybridized carbons (Fsp3) is 0.500. The Kier molecular flexibility index (Phi) is 11.6. The highest BCUT2D eigenvalue weighted by Gasteiger charge is 2.14. The zero-order valence-electron chi connectivity index (χ0n) is 17.9. The van der Waals surface area contributed by atoms with Crippen LogP contribution in [0.25, 0.3) is 0 Å². The number of hydrogen-bond acceptors (Lipinski definition) is 3. The van der Waals surface area contributed by atoms with Crippen molar-refractivity contribution in [3.05, 3.63) is 60.7 Å². The van der Waals surface area contributed by atoms with Crippen molar-refractivity contribution in [3.63, 3.8) is 0 Å². The first-order valence-corrected chi connectivity index (χ1v) is 11.2. The van der Waals surface area contributed by atoms with E-state index in [1.54, 1.807) is 12.1 Å². The first-order chi connectivity index (χ1) is 14.2. The molecule has 0 spiro atoms. The second-order valence-corrected chi connectivity index (χ2v) is 7.72. The molecule has 29 heavy (non-hydrogen) atoms. The second-order valence-electron chi connectivity index (χ2n) is 7.72. The van der Waals surface area contributed by atoms with Crippen molar-refractivity contribution in [1.29, 1.82) is 0 Å². The maximum absolute atomic E-state index is 10.4. The number of carbonyl (C=O) groups is 1. The summed E-state index contributed by atoms with van der Waals surface area (Å²) in [6.45, 7) is 1.38. The van der Waals surface area contributed by atoms with E-state index in [2.05, 4.69) is 0 Å². The highest BCUT2D eigenvalue weighted by atomic mass is 16.5. The Labute approximate surface area is 176 Å². The molecule has 0 radical (unpaired) electrons. The van der Waals surface area contributed by atoms with Gasteiger partial charge in [-0.3, -0.25) is 4.79 Å². The Bertz CT molecular complexity index is 633. The van der Waals surface area contributed by atoms with Gasteiger partial charge in [0.1, 0.15) is 11.5 Å². The van der Waals surface area contributed by atoms with Crippen molar-refractivity contribution in [2.75, 3.05) is 0 Å². The smallest absolute Gasteiger partial charge is 0.308 e. The fourth-order valence-corrected chi connectivity index (χ4v) is 3.59. The van der Waals surface area contributed by atoms with E-state index in [4.69, 9.17) is 9.47 Å². The van der Waals surface area contributed by atoms with Crippen LogP contribution < -0.4 is 9.47 Å². The maximum atomic E-state index is 10.4. The minimum atomic E-state index is -0.286. The maximum Gasteiger partial charge on any atom is 0.308 e. The summed E-state index contributed by atoms with van der Waals surface area (Å²) < 4.78 is 10.6. The summed E-state index contributed by atoms with van der Waals surface area (Å²) in [6.07, 6.45) is 16.0. The molecule has 0 bridgehead atoms. The summed E-state index contributed by atoms with van der Waals surface area (Å²) in [5, 5.41) is 0. The van der Waals surface area contributed by atoms with E-state index < -0.39 is 0 Å². The van der Waals surface area contributed by atoms with Gasteiger partial charge in [-0.2, -0.15) is 0 Å². The molecule has 0 heterocycles. The Balaban J connectivity index is 0.000000166. The van der Waals surface area contributed by atoms with Gasteiger partial charge in [0.05, 0.1) is 6.10 Å². The lowest BCUT2D eigenvalue weighted by Crippen LogP contribution is -2.19. The third-order valence-corrected chi connectivity index (χ3v) is 5.10. The molecule has 2 aliphatic rings. The molecule has 3 heteroatoms. The molecule has 0 amide bonds. The molecule has 158 valence electrons. The fourth-order valence-electron chi connectivity index (χ4n) is 3.59. The molecule has 0 atom stereocenters. The first kappa shape index (κ1) is 23.0. The lowest BCUT2D eigenvalue weighted by atomic mass is 9.98. The minimum absolute atomic E-state index is 0.286. The molecule has 3 nitrogen and oxygen atoms in total. The van der Waals surface area contributed by atoms with Crippen LogP contribution in [0.5, 0.6) is 11.5 Å². The van der Waals surface area contributed by atoms with Crippen molar-refractivity contribution < 1.29 is 14.3 Å². The third kappa shape index (κ3) is 11.3. The van der Waals surface area contributed by atoms with Crippen molar-refractivity contribution in [3.8, 4) is 11.5 Å². The summed E-state index contributed by atoms with van der Waals surface area (Å²) in [6, 6.07) is 19.1. The van der Waals surface area contributed by atoms with E-state index in [1.807, 2.05) is 48.5 Å². The van der Waals surface area contributed by atoms with Crippen molar-refractivity contribution in [2.45, 2.75) is 83.7 Å². The van der Waals surface area contributed by atoms with Crippen LogP contribution in [-0.2, 0) is 4.79 Å². The van der Waals surface area contributed by atoms with Crippen LogP contribution in [0.15, 0.2) is 60.7 Å². The first-order valence-electron chi connectivity index (χ1n) is 11.2. The molecule has 0 unspecified atom stereocenters. The van der Waals surface area contributed by atoms with Crippen LogP contribution in [0, 0.1) is 0 Å². The number of benzene rings is 2. The third-order valence-electron chi connectivity index (χ3n) is 5.10. The molecule has 0 saturated heterocycles. The van der Waals surface area contributed by atoms with E-state index in [-0.39, 0.29) is 5.97 Å². The van der Waals surface area contributed by atoms with Gasteiger partial charge in [0.15, 0.2) is 0 Å². The van der Waals surface area contributed by atoms with Crippen molar-refractivity contribution >= 4 is 5.97 Å². The van der Waals surface area contributed by atoms with E-state index in [1.165, 1.54) is 77.6 Å². The molecular weight excluding hydrogens is 360 g/mol. The Morgan fingerprint density at radius 1 is 0.655 bits per heavy atom. The van der Waals surface area contributed by atoms with E-state index >= 15 is 0 Å². The van der Waals surface area contributed by atoms with Crippen LogP contribution in [0.3, 0.4) is 0 Å². The van der Waals surface area contributed by atoms with Crippen LogP contribution in [0.2, 0.25) is 0 Å². The number of rotatable bonds is 3. The lowest BCUT2D eigenvalue weighted by molar-refractivity contribution is -0.131. The SMILES string of the molecule is C1CCCCC1.CC(=O)Oc1ccccc1.c1ccc(OC2CCCCC2)cc1. The molecule has 4 rings (SSSR count). The standard InChI is InChI=1S/C12H16O.C8H8O2.C6H12/c1-3-7-11(8-4-1)13-12-9-5-2-6-10-12;1-7(9)10-8-5-3-2-4-6-8;1-2-4-6-5-3-1/h1,3-4,7-8,12H,2,5-6,9-10H2;2-6H,1H3;1-6H2. The average molecular weight is 397 g/mol. The van der Waals surface area contributed by atoms with Gasteiger partial charge < -0.3 is 9.47 Å². The Hall–Kier alpha value is -2.29. The predicted octanol–water partition coefficient (Wildman–Crippen LogP) is 7.35. The zero-order chi connectivity index (χ0) is 20.6. The lowest BCUT2D eigenvalue weighted by Gasteiger charge is -2.22. The van der Waals surface area contributed by atoms with Crippen LogP contribution >= 0.6 is 0 Å². The van der Waals surface area contributed by atoms with Gasteiger partial charge in [0, 0.05) is 6.92 Å². The van der Waals surface area contributed by atoms with Gasteiger partial charge in [-0.25, -0.2) is 0 Å². The number of hydrogen-bond donors (Lipinski definition) is 0. The van der Waals surface area contributed by atoms with Gasteiger partial charge in [0.2, 0.25) is 0 Å². The van der Waals surface area contributed by atoms with E-state index in [0.717, 1.165) is 5.75 Å². The summed E-state index contributed by atoms with van der Waals surface area (Å²) in [5.74, 6) is 1.33. The average Bonchev–Trinajstić information content (AvgIpc) is 2.78. The monoisotopic (exact) mass is 396 g/mol. The Morgan fingerprint density at radius 2 is 1.07 bits per heavy atom. The number of esters is 1. The molecule has 2 aliphatic carbocycles. The van der Waals surface area contributed by atoms with Gasteiger partial charge in [-0.1, -0.05) is 81.3 Å². The van der Waals surface area contributed by atoms with E-state index in [9.17, 15) is 4.79 Å². The number of para-hydroxylation sites is 2. The molecule has 0 aliphatic heterocycles. The highest BCUT2D eigenvalue weighted by Crippen LogP contribution is 2.22. The molecule has 2 aromatic rings. The normalized spacial score (nSPS) is 16.3. The summed E-state index contributed by atoms with van der Waals surface area (Å²) >= 11 is 0. The summed E-state index contributed by atoms with van der Waals surface area (Å²) in [4.78, 5) is 10.4. The molecule has 0 aromatic heterocycles. The second kappa shape index (κ2) is 14.7. The van der Waals surface area contributed by atoms with Gasteiger partial charge in [0.25, 0.3) is 0 Å². The largest absolute Gasteiger partial charge is 0.490 e. The van der Waals surface area contributed by atoms with Gasteiger partial charge in [-0.15, -0.1) is 0 Å². The quantitative estimate of drug-likeness (QED) is 0.402. The number of ether oxygens (including phenoxy) is 2. The van der Waals surface area contributed by atoms with Crippen LogP contribution in [0.1, 0.15) is 77.6 Å².